The molecular formula is C61H41NO. The van der Waals surface area contributed by atoms with E-state index >= 15 is 0 Å². The summed E-state index contributed by atoms with van der Waals surface area (Å²) in [5.41, 5.74) is 13.8. The zero-order valence-corrected chi connectivity index (χ0v) is 34.2. The topological polar surface area (TPSA) is 16.4 Å². The molecule has 296 valence electrons. The summed E-state index contributed by atoms with van der Waals surface area (Å²) in [7, 11) is 0. The number of nitrogens with zero attached hydrogens (tertiary/aromatic N) is 1. The summed E-state index contributed by atoms with van der Waals surface area (Å²) in [6.07, 6.45) is 0. The van der Waals surface area contributed by atoms with Gasteiger partial charge in [-0.3, -0.25) is 0 Å². The van der Waals surface area contributed by atoms with Crippen LogP contribution in [0.5, 0.6) is 0 Å². The van der Waals surface area contributed by atoms with E-state index in [4.69, 9.17) is 4.42 Å². The maximum Gasteiger partial charge on any atom is 0.143 e. The molecule has 0 spiro atoms. The maximum absolute atomic E-state index is 9.80. The van der Waals surface area contributed by atoms with Crippen LogP contribution in [0.1, 0.15) is 27.7 Å². The zero-order chi connectivity index (χ0) is 45.2. The van der Waals surface area contributed by atoms with Gasteiger partial charge in [-0.15, -0.1) is 0 Å². The van der Waals surface area contributed by atoms with Crippen molar-refractivity contribution in [2.24, 2.45) is 0 Å². The van der Waals surface area contributed by atoms with Crippen molar-refractivity contribution in [3.8, 4) is 44.5 Å². The van der Waals surface area contributed by atoms with Crippen molar-refractivity contribution in [1.82, 2.24) is 0 Å². The molecule has 63 heavy (non-hydrogen) atoms. The summed E-state index contributed by atoms with van der Waals surface area (Å²) in [4.78, 5) is 1.94. The number of fused-ring (bicyclic) bond motifs is 6. The van der Waals surface area contributed by atoms with Crippen molar-refractivity contribution < 1.29 is 9.90 Å². The number of para-hydroxylation sites is 2. The molecule has 0 atom stereocenters. The van der Waals surface area contributed by atoms with Crippen LogP contribution in [-0.4, -0.2) is 0 Å². The summed E-state index contributed by atoms with van der Waals surface area (Å²) in [6, 6.07) is 75.9. The Kier molecular flexibility index (Phi) is 7.78. The summed E-state index contributed by atoms with van der Waals surface area (Å²) in [6.45, 7) is 0. The van der Waals surface area contributed by atoms with Gasteiger partial charge in [-0.05, 0) is 80.4 Å². The van der Waals surface area contributed by atoms with Gasteiger partial charge in [0.1, 0.15) is 11.2 Å². The number of hydrogen-bond acceptors (Lipinski definition) is 2. The molecule has 11 aromatic rings. The molecule has 2 heteroatoms. The predicted molar refractivity (Wildman–Crippen MR) is 262 cm³/mol. The van der Waals surface area contributed by atoms with Gasteiger partial charge in [0.2, 0.25) is 0 Å². The lowest BCUT2D eigenvalue weighted by Gasteiger charge is -2.34. The first-order valence-corrected chi connectivity index (χ1v) is 21.4. The van der Waals surface area contributed by atoms with E-state index in [1.807, 2.05) is 83.8 Å². The van der Waals surface area contributed by atoms with Crippen LogP contribution < -0.4 is 4.90 Å². The highest BCUT2D eigenvalue weighted by Crippen LogP contribution is 2.59. The molecule has 0 bridgehead atoms. The van der Waals surface area contributed by atoms with Crippen LogP contribution in [0.2, 0.25) is 0 Å². The van der Waals surface area contributed by atoms with E-state index in [0.29, 0.717) is 11.3 Å². The van der Waals surface area contributed by atoms with Crippen molar-refractivity contribution in [3.63, 3.8) is 0 Å². The number of rotatable bonds is 8. The third-order valence-electron chi connectivity index (χ3n) is 12.6. The normalized spacial score (nSPS) is 13.5. The van der Waals surface area contributed by atoms with Crippen molar-refractivity contribution >= 4 is 39.0 Å². The lowest BCUT2D eigenvalue weighted by atomic mass is 9.68. The van der Waals surface area contributed by atoms with E-state index in [-0.39, 0.29) is 35.4 Å². The van der Waals surface area contributed by atoms with Gasteiger partial charge in [-0.1, -0.05) is 218 Å². The summed E-state index contributed by atoms with van der Waals surface area (Å²) in [5, 5.41) is 2.07. The van der Waals surface area contributed by atoms with E-state index < -0.39 is 5.41 Å². The van der Waals surface area contributed by atoms with Crippen molar-refractivity contribution in [2.45, 2.75) is 5.41 Å². The fourth-order valence-corrected chi connectivity index (χ4v) is 9.90. The van der Waals surface area contributed by atoms with E-state index in [9.17, 15) is 5.48 Å². The van der Waals surface area contributed by atoms with Gasteiger partial charge in [0.25, 0.3) is 0 Å². The van der Waals surface area contributed by atoms with E-state index in [2.05, 4.69) is 146 Å². The fourth-order valence-electron chi connectivity index (χ4n) is 9.90. The smallest absolute Gasteiger partial charge is 0.143 e. The molecule has 1 aliphatic rings. The molecular weight excluding hydrogens is 763 g/mol. The molecule has 12 rings (SSSR count). The van der Waals surface area contributed by atoms with Gasteiger partial charge in [0.15, 0.2) is 0 Å². The molecule has 0 aliphatic heterocycles. The Morgan fingerprint density at radius 3 is 1.43 bits per heavy atom. The highest BCUT2D eigenvalue weighted by atomic mass is 16.3. The minimum atomic E-state index is -0.697. The van der Waals surface area contributed by atoms with Gasteiger partial charge >= 0.3 is 0 Å². The molecule has 0 fully saturated rings. The minimum absolute atomic E-state index is 0.105. The van der Waals surface area contributed by atoms with E-state index in [0.717, 1.165) is 83.3 Å². The van der Waals surface area contributed by atoms with E-state index in [1.165, 1.54) is 0 Å². The summed E-state index contributed by atoms with van der Waals surface area (Å²) >= 11 is 0. The monoisotopic (exact) mass is 807 g/mol. The number of furan rings is 1. The standard InChI is InChI=1S/C61H41NO/c1-5-18-42(19-6-1)43-34-38-48(39-35-43)62(49-40-36-45(37-41-49)51-28-16-30-53-52-29-15-27-50(59(52)63-60(51)53)44-20-7-2-8-21-44)57-33-17-32-56-58(57)54-26-13-14-31-55(54)61(56,46-22-9-3-10-23-46)47-24-11-4-12-25-47/h1-41H/i34D,35D,38D,39D. The SMILES string of the molecule is [2H]c1c([2H])c(N(c2ccc(-c3cccc4c3oc3c(-c5ccccc5)cccc34)cc2)c2cccc3c2-c2ccccc2C3(c2ccccc2)c2ccccc2)c([2H])c([2H])c1-c1ccccc1. The first-order valence-electron chi connectivity index (χ1n) is 23.4. The van der Waals surface area contributed by atoms with Crippen molar-refractivity contribution in [3.05, 3.63) is 271 Å². The average molecular weight is 808 g/mol. The fraction of sp³-hybridized carbons (Fsp3) is 0.0164. The molecule has 1 aromatic heterocycles. The van der Waals surface area contributed by atoms with E-state index in [1.54, 1.807) is 0 Å². The minimum Gasteiger partial charge on any atom is -0.455 e. The molecule has 0 radical (unpaired) electrons. The van der Waals surface area contributed by atoms with Gasteiger partial charge in [0.05, 0.1) is 16.6 Å². The molecule has 0 N–H and O–H groups in total. The Morgan fingerprint density at radius 1 is 0.349 bits per heavy atom. The van der Waals surface area contributed by atoms with Gasteiger partial charge in [-0.2, -0.15) is 0 Å². The van der Waals surface area contributed by atoms with Gasteiger partial charge < -0.3 is 9.32 Å². The molecule has 1 heterocycles. The van der Waals surface area contributed by atoms with Crippen LogP contribution in [0.4, 0.5) is 17.1 Å². The van der Waals surface area contributed by atoms with Crippen molar-refractivity contribution in [1.29, 1.82) is 0 Å². The van der Waals surface area contributed by atoms with Crippen LogP contribution in [0.15, 0.2) is 253 Å². The Bertz CT molecular complexity index is 3600. The first-order chi connectivity index (χ1) is 32.9. The third-order valence-corrected chi connectivity index (χ3v) is 12.6. The second-order valence-corrected chi connectivity index (χ2v) is 16.0. The number of anilines is 3. The highest BCUT2D eigenvalue weighted by Gasteiger charge is 2.47. The molecule has 1 aliphatic carbocycles. The third kappa shape index (κ3) is 5.87. The zero-order valence-electron chi connectivity index (χ0n) is 38.2. The second-order valence-electron chi connectivity index (χ2n) is 16.0. The lowest BCUT2D eigenvalue weighted by Crippen LogP contribution is -2.28. The van der Waals surface area contributed by atoms with Crippen LogP contribution in [0.25, 0.3) is 66.4 Å². The Labute approximate surface area is 373 Å². The number of benzene rings is 10. The maximum atomic E-state index is 9.80. The molecule has 0 saturated heterocycles. The number of hydrogen-bond donors (Lipinski definition) is 0. The van der Waals surface area contributed by atoms with Crippen LogP contribution >= 0.6 is 0 Å². The first kappa shape index (κ1) is 32.6. The molecule has 0 amide bonds. The predicted octanol–water partition coefficient (Wildman–Crippen LogP) is 16.4. The summed E-state index contributed by atoms with van der Waals surface area (Å²) in [5.74, 6) is 0. The molecule has 0 unspecified atom stereocenters. The van der Waals surface area contributed by atoms with Gasteiger partial charge in [-0.25, -0.2) is 0 Å². The molecule has 2 nitrogen and oxygen atoms in total. The average Bonchev–Trinajstić information content (AvgIpc) is 3.93. The second kappa shape index (κ2) is 15.1. The van der Waals surface area contributed by atoms with Gasteiger partial charge in [0, 0.05) is 38.8 Å². The van der Waals surface area contributed by atoms with Crippen LogP contribution in [-0.2, 0) is 5.41 Å². The van der Waals surface area contributed by atoms with Crippen LogP contribution in [0.3, 0.4) is 0 Å². The van der Waals surface area contributed by atoms with Crippen molar-refractivity contribution in [2.75, 3.05) is 4.90 Å². The Balaban J connectivity index is 1.10. The molecule has 0 saturated carbocycles. The lowest BCUT2D eigenvalue weighted by molar-refractivity contribution is 0.671. The Hall–Kier alpha value is -8.20. The van der Waals surface area contributed by atoms with Crippen LogP contribution in [0, 0.1) is 0 Å². The highest BCUT2D eigenvalue weighted by molar-refractivity contribution is 6.13. The molecule has 10 aromatic carbocycles. The largest absolute Gasteiger partial charge is 0.455 e. The quantitative estimate of drug-likeness (QED) is 0.152. The summed E-state index contributed by atoms with van der Waals surface area (Å²) < 4.78 is 45.4. The Morgan fingerprint density at radius 2 is 0.825 bits per heavy atom.